The first-order chi connectivity index (χ1) is 8.52. The van der Waals surface area contributed by atoms with E-state index in [1.54, 1.807) is 24.1 Å². The number of amides is 1. The molecule has 1 aromatic carbocycles. The Morgan fingerprint density at radius 3 is 2.83 bits per heavy atom. The fraction of sp³-hybridized carbons (Fsp3) is 0.385. The molecule has 1 aliphatic rings. The van der Waals surface area contributed by atoms with Crippen molar-refractivity contribution in [1.82, 2.24) is 4.90 Å². The number of likely N-dealkylation sites (N-methyl/N-ethyl adjacent to an activating group) is 1. The van der Waals surface area contributed by atoms with E-state index in [1.165, 1.54) is 0 Å². The highest BCUT2D eigenvalue weighted by Gasteiger charge is 2.30. The predicted octanol–water partition coefficient (Wildman–Crippen LogP) is 1.06. The Labute approximate surface area is 106 Å². The Bertz CT molecular complexity index is 534. The number of nitrogens with two attached hydrogens (primary N) is 1. The molecule has 1 aliphatic heterocycles. The monoisotopic (exact) mass is 245 g/mol. The van der Waals surface area contributed by atoms with Crippen LogP contribution in [0.1, 0.15) is 17.5 Å². The standard InChI is InChI=1S/C13H15N3O2/c1-8-5-10(6-9(7-14)12(8)15)18-11-3-4-16(2)13(11)17/h5-6,11H,3-4,15H2,1-2H3. The van der Waals surface area contributed by atoms with Crippen molar-refractivity contribution in [2.75, 3.05) is 19.3 Å². The molecule has 1 atom stereocenters. The van der Waals surface area contributed by atoms with Crippen LogP contribution in [0.4, 0.5) is 5.69 Å². The lowest BCUT2D eigenvalue weighted by atomic mass is 10.1. The van der Waals surface area contributed by atoms with Gasteiger partial charge in [-0.15, -0.1) is 0 Å². The number of carbonyl (C=O) groups is 1. The first kappa shape index (κ1) is 12.2. The topological polar surface area (TPSA) is 79.3 Å². The van der Waals surface area contributed by atoms with Crippen LogP contribution in [0.3, 0.4) is 0 Å². The largest absolute Gasteiger partial charge is 0.480 e. The quantitative estimate of drug-likeness (QED) is 0.790. The average Bonchev–Trinajstić information content (AvgIpc) is 2.65. The van der Waals surface area contributed by atoms with E-state index in [-0.39, 0.29) is 5.91 Å². The summed E-state index contributed by atoms with van der Waals surface area (Å²) in [5, 5.41) is 8.96. The van der Waals surface area contributed by atoms with Crippen LogP contribution in [-0.4, -0.2) is 30.5 Å². The zero-order chi connectivity index (χ0) is 13.3. The molecular weight excluding hydrogens is 230 g/mol. The van der Waals surface area contributed by atoms with Gasteiger partial charge in [0.15, 0.2) is 6.10 Å². The minimum absolute atomic E-state index is 0.0250. The number of likely N-dealkylation sites (tertiary alicyclic amines) is 1. The first-order valence-corrected chi connectivity index (χ1v) is 5.74. The molecule has 0 spiro atoms. The van der Waals surface area contributed by atoms with Gasteiger partial charge >= 0.3 is 0 Å². The third-order valence-corrected chi connectivity index (χ3v) is 3.14. The molecule has 18 heavy (non-hydrogen) atoms. The Morgan fingerprint density at radius 1 is 1.56 bits per heavy atom. The van der Waals surface area contributed by atoms with Gasteiger partial charge in [-0.1, -0.05) is 0 Å². The van der Waals surface area contributed by atoms with E-state index in [9.17, 15) is 4.79 Å². The summed E-state index contributed by atoms with van der Waals surface area (Å²) in [6.45, 7) is 2.51. The minimum Gasteiger partial charge on any atom is -0.480 e. The van der Waals surface area contributed by atoms with Crippen LogP contribution < -0.4 is 10.5 Å². The van der Waals surface area contributed by atoms with Gasteiger partial charge in [0.25, 0.3) is 5.91 Å². The zero-order valence-corrected chi connectivity index (χ0v) is 10.4. The summed E-state index contributed by atoms with van der Waals surface area (Å²) < 4.78 is 5.64. The number of anilines is 1. The molecule has 0 bridgehead atoms. The number of aryl methyl sites for hydroxylation is 1. The molecule has 2 N–H and O–H groups in total. The van der Waals surface area contributed by atoms with Crippen LogP contribution in [0.5, 0.6) is 5.75 Å². The zero-order valence-electron chi connectivity index (χ0n) is 10.4. The van der Waals surface area contributed by atoms with Gasteiger partial charge in [0.1, 0.15) is 11.8 Å². The number of nitrogen functional groups attached to an aromatic ring is 1. The number of hydrogen-bond acceptors (Lipinski definition) is 4. The highest BCUT2D eigenvalue weighted by molar-refractivity contribution is 5.83. The molecular formula is C13H15N3O2. The van der Waals surface area contributed by atoms with Gasteiger partial charge in [0, 0.05) is 26.1 Å². The van der Waals surface area contributed by atoms with Gasteiger partial charge in [-0.3, -0.25) is 4.79 Å². The van der Waals surface area contributed by atoms with E-state index < -0.39 is 6.10 Å². The SMILES string of the molecule is Cc1cc(OC2CCN(C)C2=O)cc(C#N)c1N. The van der Waals surface area contributed by atoms with Crippen molar-refractivity contribution in [3.05, 3.63) is 23.3 Å². The molecule has 5 nitrogen and oxygen atoms in total. The second kappa shape index (κ2) is 4.57. The van der Waals surface area contributed by atoms with Crippen LogP contribution in [0.15, 0.2) is 12.1 Å². The molecule has 1 fully saturated rings. The van der Waals surface area contributed by atoms with Crippen molar-refractivity contribution in [3.8, 4) is 11.8 Å². The van der Waals surface area contributed by atoms with Crippen molar-refractivity contribution in [1.29, 1.82) is 5.26 Å². The molecule has 0 aliphatic carbocycles. The lowest BCUT2D eigenvalue weighted by molar-refractivity contribution is -0.132. The van der Waals surface area contributed by atoms with Crippen molar-refractivity contribution < 1.29 is 9.53 Å². The summed E-state index contributed by atoms with van der Waals surface area (Å²) >= 11 is 0. The van der Waals surface area contributed by atoms with E-state index >= 15 is 0 Å². The van der Waals surface area contributed by atoms with E-state index in [0.29, 0.717) is 30.0 Å². The first-order valence-electron chi connectivity index (χ1n) is 5.74. The van der Waals surface area contributed by atoms with Crippen molar-refractivity contribution in [3.63, 3.8) is 0 Å². The number of ether oxygens (including phenoxy) is 1. The Morgan fingerprint density at radius 2 is 2.28 bits per heavy atom. The normalized spacial score (nSPS) is 18.8. The molecule has 1 saturated heterocycles. The van der Waals surface area contributed by atoms with Crippen LogP contribution in [0.2, 0.25) is 0 Å². The highest BCUT2D eigenvalue weighted by atomic mass is 16.5. The van der Waals surface area contributed by atoms with Gasteiger partial charge < -0.3 is 15.4 Å². The molecule has 94 valence electrons. The van der Waals surface area contributed by atoms with Gasteiger partial charge in [0.05, 0.1) is 11.3 Å². The van der Waals surface area contributed by atoms with E-state index in [0.717, 1.165) is 5.56 Å². The van der Waals surface area contributed by atoms with Gasteiger partial charge in [-0.25, -0.2) is 0 Å². The number of nitriles is 1. The number of hydrogen-bond donors (Lipinski definition) is 1. The number of rotatable bonds is 2. The van der Waals surface area contributed by atoms with Gasteiger partial charge in [-0.05, 0) is 18.6 Å². The fourth-order valence-corrected chi connectivity index (χ4v) is 1.99. The fourth-order valence-electron chi connectivity index (χ4n) is 1.99. The van der Waals surface area contributed by atoms with Crippen molar-refractivity contribution in [2.45, 2.75) is 19.4 Å². The van der Waals surface area contributed by atoms with Crippen LogP contribution in [0, 0.1) is 18.3 Å². The number of carbonyl (C=O) groups excluding carboxylic acids is 1. The minimum atomic E-state index is -0.454. The van der Waals surface area contributed by atoms with Crippen LogP contribution >= 0.6 is 0 Å². The maximum Gasteiger partial charge on any atom is 0.263 e. The number of nitrogens with zero attached hydrogens (tertiary/aromatic N) is 2. The third kappa shape index (κ3) is 2.09. The van der Waals surface area contributed by atoms with Crippen molar-refractivity contribution in [2.24, 2.45) is 0 Å². The molecule has 1 aromatic rings. The summed E-state index contributed by atoms with van der Waals surface area (Å²) in [6.07, 6.45) is 0.213. The average molecular weight is 245 g/mol. The molecule has 5 heteroatoms. The van der Waals surface area contributed by atoms with Crippen LogP contribution in [0.25, 0.3) is 0 Å². The maximum absolute atomic E-state index is 11.7. The molecule has 0 saturated carbocycles. The third-order valence-electron chi connectivity index (χ3n) is 3.14. The van der Waals surface area contributed by atoms with E-state index in [1.807, 2.05) is 13.0 Å². The Hall–Kier alpha value is -2.22. The predicted molar refractivity (Wildman–Crippen MR) is 67.0 cm³/mol. The smallest absolute Gasteiger partial charge is 0.263 e. The molecule has 1 unspecified atom stereocenters. The molecule has 1 amide bonds. The highest BCUT2D eigenvalue weighted by Crippen LogP contribution is 2.26. The van der Waals surface area contributed by atoms with E-state index in [2.05, 4.69) is 0 Å². The maximum atomic E-state index is 11.7. The van der Waals surface area contributed by atoms with Crippen molar-refractivity contribution >= 4 is 11.6 Å². The summed E-state index contributed by atoms with van der Waals surface area (Å²) in [6, 6.07) is 5.35. The molecule has 0 radical (unpaired) electrons. The molecule has 2 rings (SSSR count). The Balaban J connectivity index is 2.23. The lowest BCUT2D eigenvalue weighted by Gasteiger charge is -2.14. The summed E-state index contributed by atoms with van der Waals surface area (Å²) in [7, 11) is 1.75. The summed E-state index contributed by atoms with van der Waals surface area (Å²) in [4.78, 5) is 13.4. The van der Waals surface area contributed by atoms with Gasteiger partial charge in [-0.2, -0.15) is 5.26 Å². The van der Waals surface area contributed by atoms with Crippen LogP contribution in [-0.2, 0) is 4.79 Å². The molecule has 1 heterocycles. The summed E-state index contributed by atoms with van der Waals surface area (Å²) in [5.41, 5.74) is 7.38. The Kier molecular flexibility index (Phi) is 3.11. The number of benzene rings is 1. The second-order valence-electron chi connectivity index (χ2n) is 4.47. The van der Waals surface area contributed by atoms with Gasteiger partial charge in [0.2, 0.25) is 0 Å². The summed E-state index contributed by atoms with van der Waals surface area (Å²) in [5.74, 6) is 0.495. The lowest BCUT2D eigenvalue weighted by Crippen LogP contribution is -2.29. The molecule has 0 aromatic heterocycles. The second-order valence-corrected chi connectivity index (χ2v) is 4.47. The van der Waals surface area contributed by atoms with E-state index in [4.69, 9.17) is 15.7 Å².